The number of ether oxygens (including phenoxy) is 2. The molecule has 0 aliphatic carbocycles. The maximum Gasteiger partial charge on any atom is 0.328 e. The second-order valence-electron chi connectivity index (χ2n) is 3.75. The van der Waals surface area contributed by atoms with E-state index in [2.05, 4.69) is 0 Å². The Balaban J connectivity index is 2.22. The molecule has 5 nitrogen and oxygen atoms in total. The fourth-order valence-corrected chi connectivity index (χ4v) is 1.56. The summed E-state index contributed by atoms with van der Waals surface area (Å²) in [6, 6.07) is 4.81. The lowest BCUT2D eigenvalue weighted by Crippen LogP contribution is -1.99. The van der Waals surface area contributed by atoms with Crippen LogP contribution in [-0.4, -0.2) is 30.1 Å². The number of carbonyl (C=O) groups excluding carboxylic acids is 1. The molecule has 0 saturated carbocycles. The van der Waals surface area contributed by atoms with E-state index in [-0.39, 0.29) is 5.78 Å². The fraction of sp³-hybridized carbons (Fsp3) is 0.231. The minimum absolute atomic E-state index is 0.372. The third-order valence-corrected chi connectivity index (χ3v) is 2.41. The van der Waals surface area contributed by atoms with E-state index in [1.54, 1.807) is 18.2 Å². The molecule has 5 heteroatoms. The molecule has 1 aromatic carbocycles. The zero-order chi connectivity index (χ0) is 13.0. The number of aliphatic carboxylic acids is 1. The minimum atomic E-state index is -1.15. The summed E-state index contributed by atoms with van der Waals surface area (Å²) in [7, 11) is 0. The van der Waals surface area contributed by atoms with Gasteiger partial charge in [0.2, 0.25) is 0 Å². The molecule has 1 N–H and O–H groups in total. The van der Waals surface area contributed by atoms with E-state index in [4.69, 9.17) is 14.6 Å². The monoisotopic (exact) mass is 248 g/mol. The number of rotatable bonds is 3. The van der Waals surface area contributed by atoms with Crippen molar-refractivity contribution in [3.63, 3.8) is 0 Å². The lowest BCUT2D eigenvalue weighted by molar-refractivity contribution is -0.131. The average Bonchev–Trinajstić information content (AvgIpc) is 2.60. The Morgan fingerprint density at radius 2 is 1.83 bits per heavy atom. The van der Waals surface area contributed by atoms with Crippen molar-refractivity contribution in [2.75, 3.05) is 13.2 Å². The van der Waals surface area contributed by atoms with Crippen molar-refractivity contribution in [3.05, 3.63) is 35.9 Å². The number of fused-ring (bicyclic) bond motifs is 1. The summed E-state index contributed by atoms with van der Waals surface area (Å²) in [5.41, 5.74) is 0.372. The third-order valence-electron chi connectivity index (χ3n) is 2.41. The number of benzene rings is 1. The summed E-state index contributed by atoms with van der Waals surface area (Å²) in [5, 5.41) is 8.45. The first-order valence-corrected chi connectivity index (χ1v) is 5.52. The van der Waals surface area contributed by atoms with Crippen LogP contribution in [-0.2, 0) is 4.79 Å². The van der Waals surface area contributed by atoms with E-state index < -0.39 is 5.97 Å². The fourth-order valence-electron chi connectivity index (χ4n) is 1.56. The van der Waals surface area contributed by atoms with Gasteiger partial charge < -0.3 is 14.6 Å². The van der Waals surface area contributed by atoms with Crippen LogP contribution >= 0.6 is 0 Å². The maximum absolute atomic E-state index is 11.7. The first kappa shape index (κ1) is 12.2. The van der Waals surface area contributed by atoms with Crippen LogP contribution in [0.3, 0.4) is 0 Å². The van der Waals surface area contributed by atoms with Crippen molar-refractivity contribution < 1.29 is 24.2 Å². The largest absolute Gasteiger partial charge is 0.490 e. The molecule has 0 aromatic heterocycles. The summed E-state index contributed by atoms with van der Waals surface area (Å²) in [6.07, 6.45) is 2.61. The molecule has 94 valence electrons. The highest BCUT2D eigenvalue weighted by molar-refractivity contribution is 6.07. The zero-order valence-corrected chi connectivity index (χ0v) is 9.59. The van der Waals surface area contributed by atoms with E-state index in [9.17, 15) is 9.59 Å². The summed E-state index contributed by atoms with van der Waals surface area (Å²) >= 11 is 0. The molecular weight excluding hydrogens is 236 g/mol. The van der Waals surface area contributed by atoms with Crippen LogP contribution in [0.5, 0.6) is 11.5 Å². The Hall–Kier alpha value is -2.30. The molecule has 0 saturated heterocycles. The van der Waals surface area contributed by atoms with Gasteiger partial charge in [-0.3, -0.25) is 4.79 Å². The Labute approximate surface area is 104 Å². The summed E-state index contributed by atoms with van der Waals surface area (Å²) in [5.74, 6) is -0.418. The van der Waals surface area contributed by atoms with Gasteiger partial charge in [0, 0.05) is 18.1 Å². The van der Waals surface area contributed by atoms with Gasteiger partial charge in [-0.25, -0.2) is 4.79 Å². The van der Waals surface area contributed by atoms with Crippen LogP contribution in [0.2, 0.25) is 0 Å². The topological polar surface area (TPSA) is 72.8 Å². The second kappa shape index (κ2) is 5.35. The van der Waals surface area contributed by atoms with Gasteiger partial charge in [-0.05, 0) is 24.3 Å². The van der Waals surface area contributed by atoms with E-state index in [0.717, 1.165) is 18.6 Å². The van der Waals surface area contributed by atoms with Gasteiger partial charge in [0.25, 0.3) is 0 Å². The first-order chi connectivity index (χ1) is 8.66. The molecule has 1 heterocycles. The van der Waals surface area contributed by atoms with Crippen LogP contribution < -0.4 is 9.47 Å². The maximum atomic E-state index is 11.7. The lowest BCUT2D eigenvalue weighted by atomic mass is 10.1. The second-order valence-corrected chi connectivity index (χ2v) is 3.75. The van der Waals surface area contributed by atoms with Crippen LogP contribution in [0.1, 0.15) is 16.8 Å². The van der Waals surface area contributed by atoms with Gasteiger partial charge in [0.1, 0.15) is 0 Å². The van der Waals surface area contributed by atoms with Crippen LogP contribution in [0.15, 0.2) is 30.4 Å². The Morgan fingerprint density at radius 3 is 2.56 bits per heavy atom. The van der Waals surface area contributed by atoms with Crippen molar-refractivity contribution in [2.45, 2.75) is 6.42 Å². The van der Waals surface area contributed by atoms with Crippen molar-refractivity contribution >= 4 is 11.8 Å². The van der Waals surface area contributed by atoms with E-state index in [1.165, 1.54) is 0 Å². The molecule has 0 spiro atoms. The summed E-state index contributed by atoms with van der Waals surface area (Å²) < 4.78 is 10.9. The predicted molar refractivity (Wildman–Crippen MR) is 63.2 cm³/mol. The van der Waals surface area contributed by atoms with Gasteiger partial charge in [-0.15, -0.1) is 0 Å². The lowest BCUT2D eigenvalue weighted by Gasteiger charge is -2.07. The quantitative estimate of drug-likeness (QED) is 0.650. The van der Waals surface area contributed by atoms with Crippen LogP contribution in [0.4, 0.5) is 0 Å². The van der Waals surface area contributed by atoms with Crippen molar-refractivity contribution in [1.29, 1.82) is 0 Å². The van der Waals surface area contributed by atoms with Gasteiger partial charge in [0.15, 0.2) is 17.3 Å². The number of ketones is 1. The van der Waals surface area contributed by atoms with Gasteiger partial charge in [-0.1, -0.05) is 0 Å². The Kier molecular flexibility index (Phi) is 3.62. The van der Waals surface area contributed by atoms with Crippen molar-refractivity contribution in [3.8, 4) is 11.5 Å². The predicted octanol–water partition coefficient (Wildman–Crippen LogP) is 1.67. The van der Waals surface area contributed by atoms with E-state index in [0.29, 0.717) is 30.3 Å². The Morgan fingerprint density at radius 1 is 1.11 bits per heavy atom. The highest BCUT2D eigenvalue weighted by Crippen LogP contribution is 2.30. The summed E-state index contributed by atoms with van der Waals surface area (Å²) in [6.45, 7) is 1.12. The molecule has 0 bridgehead atoms. The number of hydrogen-bond acceptors (Lipinski definition) is 4. The SMILES string of the molecule is O=C(O)/C=C/C(=O)c1ccc2c(c1)OCCCO2. The highest BCUT2D eigenvalue weighted by atomic mass is 16.5. The van der Waals surface area contributed by atoms with Gasteiger partial charge in [-0.2, -0.15) is 0 Å². The normalized spacial score (nSPS) is 14.2. The van der Waals surface area contributed by atoms with Crippen molar-refractivity contribution in [2.24, 2.45) is 0 Å². The third kappa shape index (κ3) is 2.88. The molecule has 0 fully saturated rings. The number of carboxylic acid groups (broad SMARTS) is 1. The minimum Gasteiger partial charge on any atom is -0.490 e. The smallest absolute Gasteiger partial charge is 0.328 e. The van der Waals surface area contributed by atoms with Gasteiger partial charge >= 0.3 is 5.97 Å². The number of carbonyl (C=O) groups is 2. The number of hydrogen-bond donors (Lipinski definition) is 1. The zero-order valence-electron chi connectivity index (χ0n) is 9.59. The molecule has 1 aromatic rings. The standard InChI is InChI=1S/C13H12O5/c14-10(3-5-13(15)16)9-2-4-11-12(8-9)18-7-1-6-17-11/h2-5,8H,1,6-7H2,(H,15,16)/b5-3+. The molecule has 0 radical (unpaired) electrons. The number of allylic oxidation sites excluding steroid dienone is 1. The van der Waals surface area contributed by atoms with Gasteiger partial charge in [0.05, 0.1) is 13.2 Å². The molecule has 2 rings (SSSR count). The molecular formula is C13H12O5. The number of carboxylic acids is 1. The Bertz CT molecular complexity index is 504. The molecule has 0 atom stereocenters. The molecule has 1 aliphatic heterocycles. The van der Waals surface area contributed by atoms with E-state index in [1.807, 2.05) is 0 Å². The molecule has 0 unspecified atom stereocenters. The van der Waals surface area contributed by atoms with Crippen LogP contribution in [0, 0.1) is 0 Å². The van der Waals surface area contributed by atoms with Crippen molar-refractivity contribution in [1.82, 2.24) is 0 Å². The highest BCUT2D eigenvalue weighted by Gasteiger charge is 2.12. The molecule has 0 amide bonds. The first-order valence-electron chi connectivity index (χ1n) is 5.52. The average molecular weight is 248 g/mol. The molecule has 1 aliphatic rings. The molecule has 18 heavy (non-hydrogen) atoms. The van der Waals surface area contributed by atoms with Crippen LogP contribution in [0.25, 0.3) is 0 Å². The summed E-state index contributed by atoms with van der Waals surface area (Å²) in [4.78, 5) is 22.0. The van der Waals surface area contributed by atoms with E-state index >= 15 is 0 Å².